The third-order valence-electron chi connectivity index (χ3n) is 1.13. The van der Waals surface area contributed by atoms with Crippen molar-refractivity contribution < 1.29 is 4.79 Å². The summed E-state index contributed by atoms with van der Waals surface area (Å²) < 4.78 is 0. The predicted octanol–water partition coefficient (Wildman–Crippen LogP) is 0.416. The van der Waals surface area contributed by atoms with E-state index < -0.39 is 5.91 Å². The molecule has 0 radical (unpaired) electrons. The molecule has 0 spiro atoms. The number of carbonyl (C=O) groups excluding carboxylic acids is 1. The number of carbonyl (C=O) groups is 1. The predicted molar refractivity (Wildman–Crippen MR) is 42.2 cm³/mol. The number of nitrogen functional groups attached to an aromatic ring is 1. The second-order valence-electron chi connectivity index (χ2n) is 1.93. The van der Waals surface area contributed by atoms with Gasteiger partial charge in [-0.1, -0.05) is 11.6 Å². The summed E-state index contributed by atoms with van der Waals surface area (Å²) >= 11 is 5.55. The lowest BCUT2D eigenvalue weighted by Gasteiger charge is -1.97. The quantitative estimate of drug-likeness (QED) is 0.642. The standard InChI is InChI=1S/C6H6ClN3O/c7-3-1-2-4(6(9)11)10-5(3)8/h1-2H,(H2,8,10)(H2,9,11). The molecule has 0 unspecified atom stereocenters. The van der Waals surface area contributed by atoms with Crippen LogP contribution in [-0.4, -0.2) is 10.9 Å². The molecule has 1 rings (SSSR count). The van der Waals surface area contributed by atoms with Crippen LogP contribution >= 0.6 is 11.6 Å². The number of anilines is 1. The highest BCUT2D eigenvalue weighted by Crippen LogP contribution is 2.14. The molecule has 1 aromatic rings. The van der Waals surface area contributed by atoms with Crippen molar-refractivity contribution in [2.45, 2.75) is 0 Å². The molecular weight excluding hydrogens is 166 g/mol. The van der Waals surface area contributed by atoms with Crippen molar-refractivity contribution in [3.05, 3.63) is 22.8 Å². The lowest BCUT2D eigenvalue weighted by atomic mass is 10.3. The zero-order valence-corrected chi connectivity index (χ0v) is 6.30. The van der Waals surface area contributed by atoms with Crippen molar-refractivity contribution in [1.82, 2.24) is 4.98 Å². The second-order valence-corrected chi connectivity index (χ2v) is 2.34. The largest absolute Gasteiger partial charge is 0.382 e. The normalized spacial score (nSPS) is 9.55. The first-order chi connectivity index (χ1) is 5.11. The molecule has 0 aromatic carbocycles. The molecular formula is C6H6ClN3O. The highest BCUT2D eigenvalue weighted by molar-refractivity contribution is 6.32. The first-order valence-electron chi connectivity index (χ1n) is 2.83. The number of amides is 1. The van der Waals surface area contributed by atoms with Gasteiger partial charge in [-0.2, -0.15) is 0 Å². The van der Waals surface area contributed by atoms with E-state index in [2.05, 4.69) is 4.98 Å². The number of nitrogens with two attached hydrogens (primary N) is 2. The van der Waals surface area contributed by atoms with Gasteiger partial charge in [0.15, 0.2) is 0 Å². The lowest BCUT2D eigenvalue weighted by Crippen LogP contribution is -2.13. The monoisotopic (exact) mass is 171 g/mol. The zero-order valence-electron chi connectivity index (χ0n) is 5.54. The third-order valence-corrected chi connectivity index (χ3v) is 1.45. The van der Waals surface area contributed by atoms with E-state index >= 15 is 0 Å². The molecule has 4 N–H and O–H groups in total. The minimum atomic E-state index is -0.617. The van der Waals surface area contributed by atoms with Gasteiger partial charge in [0.05, 0.1) is 5.02 Å². The zero-order chi connectivity index (χ0) is 8.43. The van der Waals surface area contributed by atoms with Gasteiger partial charge in [0.25, 0.3) is 5.91 Å². The Morgan fingerprint density at radius 1 is 1.55 bits per heavy atom. The molecule has 4 nitrogen and oxygen atoms in total. The van der Waals surface area contributed by atoms with Gasteiger partial charge >= 0.3 is 0 Å². The van der Waals surface area contributed by atoms with Gasteiger partial charge in [0.2, 0.25) is 0 Å². The summed E-state index contributed by atoms with van der Waals surface area (Å²) in [4.78, 5) is 14.2. The molecule has 0 aliphatic rings. The number of nitrogens with zero attached hydrogens (tertiary/aromatic N) is 1. The Bertz CT molecular complexity index is 300. The van der Waals surface area contributed by atoms with Crippen LogP contribution < -0.4 is 11.5 Å². The average Bonchev–Trinajstić information content (AvgIpc) is 1.94. The smallest absolute Gasteiger partial charge is 0.267 e. The van der Waals surface area contributed by atoms with Gasteiger partial charge in [-0.25, -0.2) is 4.98 Å². The van der Waals surface area contributed by atoms with Gasteiger partial charge in [0.1, 0.15) is 11.5 Å². The van der Waals surface area contributed by atoms with Crippen molar-refractivity contribution >= 4 is 23.3 Å². The van der Waals surface area contributed by atoms with Crippen LogP contribution in [0.4, 0.5) is 5.82 Å². The van der Waals surface area contributed by atoms with Crippen molar-refractivity contribution in [2.75, 3.05) is 5.73 Å². The molecule has 0 atom stereocenters. The lowest BCUT2D eigenvalue weighted by molar-refractivity contribution is 0.0996. The van der Waals surface area contributed by atoms with E-state index in [1.807, 2.05) is 0 Å². The molecule has 1 aromatic heterocycles. The molecule has 1 heterocycles. The molecule has 0 aliphatic carbocycles. The fraction of sp³-hybridized carbons (Fsp3) is 0. The van der Waals surface area contributed by atoms with Crippen molar-refractivity contribution in [1.29, 1.82) is 0 Å². The number of pyridine rings is 1. The average molecular weight is 172 g/mol. The van der Waals surface area contributed by atoms with Crippen LogP contribution in [0.2, 0.25) is 5.02 Å². The SMILES string of the molecule is NC(=O)c1ccc(Cl)c(N)n1. The number of rotatable bonds is 1. The molecule has 0 fully saturated rings. The summed E-state index contributed by atoms with van der Waals surface area (Å²) in [6.45, 7) is 0. The summed E-state index contributed by atoms with van der Waals surface area (Å²) in [5.41, 5.74) is 10.4. The van der Waals surface area contributed by atoms with Gasteiger partial charge in [0, 0.05) is 0 Å². The minimum Gasteiger partial charge on any atom is -0.382 e. The van der Waals surface area contributed by atoms with E-state index in [0.717, 1.165) is 0 Å². The Balaban J connectivity index is 3.15. The maximum atomic E-state index is 10.5. The molecule has 0 aliphatic heterocycles. The maximum absolute atomic E-state index is 10.5. The summed E-state index contributed by atoms with van der Waals surface area (Å²) in [6.07, 6.45) is 0. The molecule has 11 heavy (non-hydrogen) atoms. The first kappa shape index (κ1) is 7.81. The number of primary amides is 1. The Hall–Kier alpha value is -1.29. The molecule has 5 heteroatoms. The van der Waals surface area contributed by atoms with E-state index in [1.54, 1.807) is 0 Å². The van der Waals surface area contributed by atoms with Gasteiger partial charge in [-0.05, 0) is 12.1 Å². The van der Waals surface area contributed by atoms with Crippen molar-refractivity contribution in [2.24, 2.45) is 5.73 Å². The summed E-state index contributed by atoms with van der Waals surface area (Å²) in [7, 11) is 0. The molecule has 0 saturated carbocycles. The number of halogens is 1. The second kappa shape index (κ2) is 2.75. The van der Waals surface area contributed by atoms with Crippen LogP contribution in [0, 0.1) is 0 Å². The van der Waals surface area contributed by atoms with Crippen LogP contribution in [0.15, 0.2) is 12.1 Å². The Morgan fingerprint density at radius 2 is 2.18 bits per heavy atom. The van der Waals surface area contributed by atoms with Crippen molar-refractivity contribution in [3.8, 4) is 0 Å². The van der Waals surface area contributed by atoms with Crippen LogP contribution in [0.25, 0.3) is 0 Å². The molecule has 0 saturated heterocycles. The molecule has 1 amide bonds. The van der Waals surface area contributed by atoms with E-state index in [0.29, 0.717) is 5.02 Å². The van der Waals surface area contributed by atoms with Gasteiger partial charge < -0.3 is 11.5 Å². The van der Waals surface area contributed by atoms with Crippen LogP contribution in [0.5, 0.6) is 0 Å². The van der Waals surface area contributed by atoms with Crippen molar-refractivity contribution in [3.63, 3.8) is 0 Å². The topological polar surface area (TPSA) is 82.0 Å². The minimum absolute atomic E-state index is 0.114. The number of aromatic nitrogens is 1. The van der Waals surface area contributed by atoms with Crippen LogP contribution in [0.3, 0.4) is 0 Å². The maximum Gasteiger partial charge on any atom is 0.267 e. The van der Waals surface area contributed by atoms with Crippen LogP contribution in [0.1, 0.15) is 10.5 Å². The summed E-state index contributed by atoms with van der Waals surface area (Å²) in [6, 6.07) is 2.89. The van der Waals surface area contributed by atoms with Gasteiger partial charge in [-0.3, -0.25) is 4.79 Å². The fourth-order valence-electron chi connectivity index (χ4n) is 0.595. The van der Waals surface area contributed by atoms with E-state index in [4.69, 9.17) is 23.1 Å². The number of hydrogen-bond acceptors (Lipinski definition) is 3. The van der Waals surface area contributed by atoms with E-state index in [9.17, 15) is 4.79 Å². The third kappa shape index (κ3) is 1.59. The number of hydrogen-bond donors (Lipinski definition) is 2. The van der Waals surface area contributed by atoms with Crippen LogP contribution in [-0.2, 0) is 0 Å². The Labute approximate surface area is 68.2 Å². The highest BCUT2D eigenvalue weighted by Gasteiger charge is 2.03. The fourth-order valence-corrected chi connectivity index (χ4v) is 0.700. The molecule has 58 valence electrons. The summed E-state index contributed by atoms with van der Waals surface area (Å²) in [5.74, 6) is -0.503. The highest BCUT2D eigenvalue weighted by atomic mass is 35.5. The van der Waals surface area contributed by atoms with E-state index in [-0.39, 0.29) is 11.5 Å². The Morgan fingerprint density at radius 3 is 2.64 bits per heavy atom. The van der Waals surface area contributed by atoms with Gasteiger partial charge in [-0.15, -0.1) is 0 Å². The summed E-state index contributed by atoms with van der Waals surface area (Å²) in [5, 5.41) is 0.315. The Kier molecular flexibility index (Phi) is 1.96. The first-order valence-corrected chi connectivity index (χ1v) is 3.21. The van der Waals surface area contributed by atoms with E-state index in [1.165, 1.54) is 12.1 Å². The molecule has 0 bridgehead atoms.